The molecule has 0 aliphatic rings. The molecule has 0 radical (unpaired) electrons. The van der Waals surface area contributed by atoms with Gasteiger partial charge in [-0.25, -0.2) is 4.98 Å². The van der Waals surface area contributed by atoms with Crippen molar-refractivity contribution in [2.24, 2.45) is 0 Å². The van der Waals surface area contributed by atoms with Crippen molar-refractivity contribution in [3.63, 3.8) is 0 Å². The normalized spacial score (nSPS) is 10.3. The smallest absolute Gasteiger partial charge is 0.251 e. The third-order valence-electron chi connectivity index (χ3n) is 3.12. The van der Waals surface area contributed by atoms with Crippen molar-refractivity contribution in [1.29, 1.82) is 0 Å². The number of benzene rings is 1. The Labute approximate surface area is 119 Å². The lowest BCUT2D eigenvalue weighted by atomic mass is 10.1. The molecule has 0 unspecified atom stereocenters. The van der Waals surface area contributed by atoms with Gasteiger partial charge in [-0.3, -0.25) is 4.79 Å². The Balaban J connectivity index is 2.00. The molecule has 0 saturated carbocycles. The highest BCUT2D eigenvalue weighted by Crippen LogP contribution is 2.08. The molecule has 0 aliphatic carbocycles. The van der Waals surface area contributed by atoms with Gasteiger partial charge in [-0.15, -0.1) is 0 Å². The van der Waals surface area contributed by atoms with E-state index in [1.807, 2.05) is 19.1 Å². The van der Waals surface area contributed by atoms with Crippen LogP contribution >= 0.6 is 0 Å². The average Bonchev–Trinajstić information content (AvgIpc) is 2.44. The summed E-state index contributed by atoms with van der Waals surface area (Å²) in [4.78, 5) is 16.1. The van der Waals surface area contributed by atoms with Crippen molar-refractivity contribution in [1.82, 2.24) is 10.3 Å². The molecule has 1 aromatic carbocycles. The highest BCUT2D eigenvalue weighted by Gasteiger charge is 2.07. The number of nitrogens with two attached hydrogens (primary N) is 1. The lowest BCUT2D eigenvalue weighted by molar-refractivity contribution is 0.0950. The van der Waals surface area contributed by atoms with Gasteiger partial charge in [0.05, 0.1) is 0 Å². The van der Waals surface area contributed by atoms with Crippen LogP contribution in [0.1, 0.15) is 34.1 Å². The van der Waals surface area contributed by atoms with Crippen LogP contribution in [0.25, 0.3) is 0 Å². The predicted octanol–water partition coefficient (Wildman–Crippen LogP) is 2.46. The molecule has 2 aromatic rings. The van der Waals surface area contributed by atoms with Gasteiger partial charge in [0, 0.05) is 17.8 Å². The highest BCUT2D eigenvalue weighted by molar-refractivity contribution is 5.94. The first kappa shape index (κ1) is 14.1. The number of carbonyl (C=O) groups is 1. The summed E-state index contributed by atoms with van der Waals surface area (Å²) in [6, 6.07) is 11.5. The largest absolute Gasteiger partial charge is 0.384 e. The Morgan fingerprint density at radius 2 is 1.85 bits per heavy atom. The number of aromatic nitrogens is 1. The quantitative estimate of drug-likeness (QED) is 0.896. The average molecular weight is 269 g/mol. The third kappa shape index (κ3) is 3.57. The van der Waals surface area contributed by atoms with Crippen molar-refractivity contribution in [3.05, 3.63) is 58.8 Å². The van der Waals surface area contributed by atoms with Crippen LogP contribution in [0.3, 0.4) is 0 Å². The second kappa shape index (κ2) is 6.19. The van der Waals surface area contributed by atoms with Crippen LogP contribution in [0.4, 0.5) is 5.82 Å². The van der Waals surface area contributed by atoms with Crippen molar-refractivity contribution >= 4 is 11.7 Å². The summed E-state index contributed by atoms with van der Waals surface area (Å²) in [5, 5.41) is 2.88. The van der Waals surface area contributed by atoms with E-state index in [0.29, 0.717) is 17.9 Å². The predicted molar refractivity (Wildman–Crippen MR) is 80.4 cm³/mol. The zero-order chi connectivity index (χ0) is 14.5. The van der Waals surface area contributed by atoms with Gasteiger partial charge < -0.3 is 11.1 Å². The number of nitrogen functional groups attached to an aromatic ring is 1. The highest BCUT2D eigenvalue weighted by atomic mass is 16.1. The molecule has 0 aliphatic heterocycles. The van der Waals surface area contributed by atoms with E-state index in [1.165, 1.54) is 5.56 Å². The Bertz CT molecular complexity index is 585. The van der Waals surface area contributed by atoms with E-state index < -0.39 is 0 Å². The van der Waals surface area contributed by atoms with E-state index in [-0.39, 0.29) is 5.91 Å². The lowest BCUT2D eigenvalue weighted by Gasteiger charge is -2.07. The van der Waals surface area contributed by atoms with E-state index >= 15 is 0 Å². The maximum atomic E-state index is 12.1. The zero-order valence-electron chi connectivity index (χ0n) is 11.8. The molecule has 1 aromatic heterocycles. The zero-order valence-corrected chi connectivity index (χ0v) is 11.8. The molecule has 2 rings (SSSR count). The maximum Gasteiger partial charge on any atom is 0.251 e. The van der Waals surface area contributed by atoms with Crippen LogP contribution in [-0.2, 0) is 13.0 Å². The fraction of sp³-hybridized carbons (Fsp3) is 0.250. The number of carbonyl (C=O) groups excluding carboxylic acids is 1. The second-order valence-corrected chi connectivity index (χ2v) is 4.77. The minimum absolute atomic E-state index is 0.137. The van der Waals surface area contributed by atoms with E-state index in [2.05, 4.69) is 29.4 Å². The van der Waals surface area contributed by atoms with Gasteiger partial charge in [0.15, 0.2) is 0 Å². The number of hydrogen-bond acceptors (Lipinski definition) is 3. The summed E-state index contributed by atoms with van der Waals surface area (Å²) in [5.74, 6) is 0.226. The molecule has 3 N–H and O–H groups in total. The number of pyridine rings is 1. The number of anilines is 1. The molecular weight excluding hydrogens is 250 g/mol. The van der Waals surface area contributed by atoms with Crippen LogP contribution < -0.4 is 11.1 Å². The van der Waals surface area contributed by atoms with Gasteiger partial charge in [0.25, 0.3) is 5.91 Å². The van der Waals surface area contributed by atoms with Crippen molar-refractivity contribution in [3.8, 4) is 0 Å². The molecular formula is C16H19N3O. The van der Waals surface area contributed by atoms with Crippen LogP contribution in [0, 0.1) is 6.92 Å². The number of amides is 1. The summed E-state index contributed by atoms with van der Waals surface area (Å²) in [6.07, 6.45) is 1.02. The minimum atomic E-state index is -0.137. The third-order valence-corrected chi connectivity index (χ3v) is 3.12. The molecule has 1 amide bonds. The Kier molecular flexibility index (Phi) is 4.35. The van der Waals surface area contributed by atoms with E-state index in [4.69, 9.17) is 5.73 Å². The fourth-order valence-corrected chi connectivity index (χ4v) is 2.00. The topological polar surface area (TPSA) is 68.0 Å². The Hall–Kier alpha value is -2.36. The molecule has 0 saturated heterocycles. The van der Waals surface area contributed by atoms with E-state index in [1.54, 1.807) is 12.1 Å². The van der Waals surface area contributed by atoms with Crippen molar-refractivity contribution < 1.29 is 4.79 Å². The number of rotatable bonds is 4. The summed E-state index contributed by atoms with van der Waals surface area (Å²) < 4.78 is 0. The molecule has 0 bridgehead atoms. The summed E-state index contributed by atoms with van der Waals surface area (Å²) in [5.41, 5.74) is 9.29. The van der Waals surface area contributed by atoms with Crippen LogP contribution in [-0.4, -0.2) is 10.9 Å². The van der Waals surface area contributed by atoms with Gasteiger partial charge >= 0.3 is 0 Å². The summed E-state index contributed by atoms with van der Waals surface area (Å²) in [7, 11) is 0. The van der Waals surface area contributed by atoms with Gasteiger partial charge in [-0.2, -0.15) is 0 Å². The van der Waals surface area contributed by atoms with Crippen LogP contribution in [0.2, 0.25) is 0 Å². The molecule has 1 heterocycles. The molecule has 4 heteroatoms. The molecule has 20 heavy (non-hydrogen) atoms. The number of aryl methyl sites for hydroxylation is 2. The standard InChI is InChI=1S/C16H19N3O/c1-3-12-4-6-13(7-5-12)10-18-16(20)14-8-11(2)19-15(17)9-14/h4-9H,3,10H2,1-2H3,(H2,17,19)(H,18,20). The molecule has 4 nitrogen and oxygen atoms in total. The van der Waals surface area contributed by atoms with Gasteiger partial charge in [0.2, 0.25) is 0 Å². The van der Waals surface area contributed by atoms with Gasteiger partial charge in [-0.1, -0.05) is 31.2 Å². The number of nitrogens with one attached hydrogen (secondary N) is 1. The summed E-state index contributed by atoms with van der Waals surface area (Å²) >= 11 is 0. The van der Waals surface area contributed by atoms with Gasteiger partial charge in [0.1, 0.15) is 5.82 Å². The van der Waals surface area contributed by atoms with E-state index in [9.17, 15) is 4.79 Å². The Morgan fingerprint density at radius 1 is 1.20 bits per heavy atom. The minimum Gasteiger partial charge on any atom is -0.384 e. The van der Waals surface area contributed by atoms with Crippen molar-refractivity contribution in [2.75, 3.05) is 5.73 Å². The molecule has 0 spiro atoms. The number of nitrogens with zero attached hydrogens (tertiary/aromatic N) is 1. The fourth-order valence-electron chi connectivity index (χ4n) is 2.00. The summed E-state index contributed by atoms with van der Waals surface area (Å²) in [6.45, 7) is 4.44. The first-order valence-electron chi connectivity index (χ1n) is 6.68. The lowest BCUT2D eigenvalue weighted by Crippen LogP contribution is -2.23. The second-order valence-electron chi connectivity index (χ2n) is 4.77. The monoisotopic (exact) mass is 269 g/mol. The van der Waals surface area contributed by atoms with E-state index in [0.717, 1.165) is 17.7 Å². The molecule has 0 fully saturated rings. The van der Waals surface area contributed by atoms with Crippen LogP contribution in [0.5, 0.6) is 0 Å². The molecule has 0 atom stereocenters. The maximum absolute atomic E-state index is 12.1. The number of hydrogen-bond donors (Lipinski definition) is 2. The van der Waals surface area contributed by atoms with Crippen LogP contribution in [0.15, 0.2) is 36.4 Å². The Morgan fingerprint density at radius 3 is 2.45 bits per heavy atom. The van der Waals surface area contributed by atoms with Gasteiger partial charge in [-0.05, 0) is 36.6 Å². The molecule has 104 valence electrons. The first-order valence-corrected chi connectivity index (χ1v) is 6.68. The first-order chi connectivity index (χ1) is 9.58. The SMILES string of the molecule is CCc1ccc(CNC(=O)c2cc(C)nc(N)c2)cc1. The van der Waals surface area contributed by atoms with Crippen molar-refractivity contribution in [2.45, 2.75) is 26.8 Å².